The molecule has 3 nitrogen and oxygen atoms in total. The molecule has 0 atom stereocenters. The number of allylic oxidation sites excluding steroid dienone is 3. The van der Waals surface area contributed by atoms with Gasteiger partial charge in [-0.05, 0) is 20.3 Å². The molecule has 11 heavy (non-hydrogen) atoms. The lowest BCUT2D eigenvalue weighted by Crippen LogP contribution is -2.05. The molecule has 60 valence electrons. The summed E-state index contributed by atoms with van der Waals surface area (Å²) in [6.07, 6.45) is 3.17. The molecule has 0 fully saturated rings. The van der Waals surface area contributed by atoms with E-state index in [9.17, 15) is 10.1 Å². The Hall–Kier alpha value is -1.12. The van der Waals surface area contributed by atoms with Crippen LogP contribution >= 0.6 is 0 Å². The van der Waals surface area contributed by atoms with E-state index in [0.717, 1.165) is 12.0 Å². The summed E-state index contributed by atoms with van der Waals surface area (Å²) in [5.74, 6) is 0. The van der Waals surface area contributed by atoms with Gasteiger partial charge in [-0.2, -0.15) is 0 Å². The lowest BCUT2D eigenvalue weighted by atomic mass is 9.98. The predicted molar refractivity (Wildman–Crippen MR) is 42.7 cm³/mol. The van der Waals surface area contributed by atoms with Crippen LogP contribution in [0.5, 0.6) is 0 Å². The highest BCUT2D eigenvalue weighted by Crippen LogP contribution is 2.23. The van der Waals surface area contributed by atoms with Gasteiger partial charge in [0.1, 0.15) is 0 Å². The van der Waals surface area contributed by atoms with Gasteiger partial charge >= 0.3 is 0 Å². The minimum absolute atomic E-state index is 0.279. The SMILES string of the molecule is CC1=CCC([N+](=O)[O-])=C(C)C1. The number of nitro groups is 1. The molecule has 0 spiro atoms. The van der Waals surface area contributed by atoms with Gasteiger partial charge in [0, 0.05) is 5.57 Å². The Morgan fingerprint density at radius 2 is 2.18 bits per heavy atom. The highest BCUT2D eigenvalue weighted by molar-refractivity contribution is 5.22. The molecule has 1 aliphatic carbocycles. The highest BCUT2D eigenvalue weighted by atomic mass is 16.6. The molecule has 0 saturated heterocycles. The van der Waals surface area contributed by atoms with E-state index in [1.54, 1.807) is 0 Å². The fraction of sp³-hybridized carbons (Fsp3) is 0.500. The van der Waals surface area contributed by atoms with E-state index in [1.165, 1.54) is 5.57 Å². The molecule has 0 unspecified atom stereocenters. The maximum Gasteiger partial charge on any atom is 0.249 e. The first-order valence-electron chi connectivity index (χ1n) is 3.60. The molecule has 0 aliphatic heterocycles. The minimum atomic E-state index is -0.279. The van der Waals surface area contributed by atoms with Crippen LogP contribution in [-0.4, -0.2) is 4.92 Å². The van der Waals surface area contributed by atoms with Gasteiger partial charge in [-0.3, -0.25) is 10.1 Å². The van der Waals surface area contributed by atoms with E-state index in [4.69, 9.17) is 0 Å². The number of rotatable bonds is 1. The molecule has 0 aromatic heterocycles. The van der Waals surface area contributed by atoms with Gasteiger partial charge in [0.05, 0.1) is 11.3 Å². The average Bonchev–Trinajstić information content (AvgIpc) is 1.85. The fourth-order valence-corrected chi connectivity index (χ4v) is 1.27. The zero-order chi connectivity index (χ0) is 8.43. The van der Waals surface area contributed by atoms with Crippen LogP contribution in [-0.2, 0) is 0 Å². The van der Waals surface area contributed by atoms with Crippen LogP contribution in [0.15, 0.2) is 22.9 Å². The van der Waals surface area contributed by atoms with E-state index < -0.39 is 0 Å². The van der Waals surface area contributed by atoms with Crippen molar-refractivity contribution in [1.82, 2.24) is 0 Å². The predicted octanol–water partition coefficient (Wildman–Crippen LogP) is 2.28. The van der Waals surface area contributed by atoms with Crippen LogP contribution in [0, 0.1) is 10.1 Å². The summed E-state index contributed by atoms with van der Waals surface area (Å²) in [4.78, 5) is 10.1. The van der Waals surface area contributed by atoms with Crippen molar-refractivity contribution >= 4 is 0 Å². The monoisotopic (exact) mass is 153 g/mol. The van der Waals surface area contributed by atoms with Gasteiger partial charge in [-0.1, -0.05) is 11.6 Å². The van der Waals surface area contributed by atoms with E-state index >= 15 is 0 Å². The molecule has 0 amide bonds. The highest BCUT2D eigenvalue weighted by Gasteiger charge is 2.17. The number of nitrogens with zero attached hydrogens (tertiary/aromatic N) is 1. The standard InChI is InChI=1S/C8H11NO2/c1-6-3-4-8(9(10)11)7(2)5-6/h3H,4-5H2,1-2H3. The first kappa shape index (κ1) is 7.98. The Morgan fingerprint density at radius 3 is 2.64 bits per heavy atom. The van der Waals surface area contributed by atoms with Gasteiger partial charge in [0.25, 0.3) is 0 Å². The largest absolute Gasteiger partial charge is 0.259 e. The Bertz CT molecular complexity index is 251. The fourth-order valence-electron chi connectivity index (χ4n) is 1.27. The Kier molecular flexibility index (Phi) is 2.08. The van der Waals surface area contributed by atoms with Gasteiger partial charge in [-0.15, -0.1) is 0 Å². The molecule has 0 heterocycles. The van der Waals surface area contributed by atoms with Crippen LogP contribution in [0.1, 0.15) is 26.7 Å². The van der Waals surface area contributed by atoms with Crippen molar-refractivity contribution in [2.75, 3.05) is 0 Å². The van der Waals surface area contributed by atoms with Crippen molar-refractivity contribution in [2.24, 2.45) is 0 Å². The molecule has 0 radical (unpaired) electrons. The molecular weight excluding hydrogens is 142 g/mol. The smallest absolute Gasteiger partial charge is 0.249 e. The van der Waals surface area contributed by atoms with E-state index in [2.05, 4.69) is 0 Å². The van der Waals surface area contributed by atoms with Crippen LogP contribution in [0.4, 0.5) is 0 Å². The third-order valence-electron chi connectivity index (χ3n) is 1.90. The van der Waals surface area contributed by atoms with Gasteiger partial charge < -0.3 is 0 Å². The van der Waals surface area contributed by atoms with E-state index in [0.29, 0.717) is 12.1 Å². The first-order valence-corrected chi connectivity index (χ1v) is 3.60. The molecule has 0 N–H and O–H groups in total. The second kappa shape index (κ2) is 2.86. The molecule has 0 saturated carbocycles. The van der Waals surface area contributed by atoms with Crippen LogP contribution in [0.25, 0.3) is 0 Å². The van der Waals surface area contributed by atoms with Gasteiger partial charge in [-0.25, -0.2) is 0 Å². The van der Waals surface area contributed by atoms with Gasteiger partial charge in [0.2, 0.25) is 5.70 Å². The normalized spacial score (nSPS) is 18.2. The lowest BCUT2D eigenvalue weighted by molar-refractivity contribution is -0.428. The van der Waals surface area contributed by atoms with Crippen LogP contribution < -0.4 is 0 Å². The Balaban J connectivity index is 2.83. The van der Waals surface area contributed by atoms with Crippen LogP contribution in [0.3, 0.4) is 0 Å². The third kappa shape index (κ3) is 1.67. The summed E-state index contributed by atoms with van der Waals surface area (Å²) in [6.45, 7) is 3.83. The molecular formula is C8H11NO2. The summed E-state index contributed by atoms with van der Waals surface area (Å²) in [5.41, 5.74) is 2.50. The lowest BCUT2D eigenvalue weighted by Gasteiger charge is -2.08. The Labute approximate surface area is 65.6 Å². The minimum Gasteiger partial charge on any atom is -0.259 e. The first-order chi connectivity index (χ1) is 5.11. The van der Waals surface area contributed by atoms with Crippen molar-refractivity contribution in [3.05, 3.63) is 33.0 Å². The number of hydrogen-bond donors (Lipinski definition) is 0. The van der Waals surface area contributed by atoms with Crippen molar-refractivity contribution in [2.45, 2.75) is 26.7 Å². The zero-order valence-corrected chi connectivity index (χ0v) is 6.76. The molecule has 1 rings (SSSR count). The summed E-state index contributed by atoms with van der Waals surface area (Å²) in [6, 6.07) is 0. The van der Waals surface area contributed by atoms with E-state index in [-0.39, 0.29) is 4.92 Å². The van der Waals surface area contributed by atoms with Crippen molar-refractivity contribution in [1.29, 1.82) is 0 Å². The molecule has 0 aromatic rings. The summed E-state index contributed by atoms with van der Waals surface area (Å²) in [7, 11) is 0. The molecule has 3 heteroatoms. The third-order valence-corrected chi connectivity index (χ3v) is 1.90. The second-order valence-electron chi connectivity index (χ2n) is 2.92. The molecule has 0 bridgehead atoms. The van der Waals surface area contributed by atoms with Gasteiger partial charge in [0.15, 0.2) is 0 Å². The second-order valence-corrected chi connectivity index (χ2v) is 2.92. The molecule has 0 aromatic carbocycles. The van der Waals surface area contributed by atoms with Crippen molar-refractivity contribution < 1.29 is 4.92 Å². The van der Waals surface area contributed by atoms with Crippen molar-refractivity contribution in [3.63, 3.8) is 0 Å². The molecule has 1 aliphatic rings. The number of hydrogen-bond acceptors (Lipinski definition) is 2. The zero-order valence-electron chi connectivity index (χ0n) is 6.76. The summed E-state index contributed by atoms with van der Waals surface area (Å²) in [5, 5.41) is 10.4. The quantitative estimate of drug-likeness (QED) is 0.329. The van der Waals surface area contributed by atoms with Crippen molar-refractivity contribution in [3.8, 4) is 0 Å². The Morgan fingerprint density at radius 1 is 1.55 bits per heavy atom. The average molecular weight is 153 g/mol. The maximum atomic E-state index is 10.4. The van der Waals surface area contributed by atoms with E-state index in [1.807, 2.05) is 19.9 Å². The summed E-state index contributed by atoms with van der Waals surface area (Å²) < 4.78 is 0. The topological polar surface area (TPSA) is 43.1 Å². The maximum absolute atomic E-state index is 10.4. The van der Waals surface area contributed by atoms with Crippen LogP contribution in [0.2, 0.25) is 0 Å². The summed E-state index contributed by atoms with van der Waals surface area (Å²) >= 11 is 0.